The van der Waals surface area contributed by atoms with Crippen LogP contribution in [-0.2, 0) is 28.9 Å². The van der Waals surface area contributed by atoms with Crippen molar-refractivity contribution >= 4 is 5.78 Å². The predicted molar refractivity (Wildman–Crippen MR) is 77.8 cm³/mol. The molecule has 112 valence electrons. The standard InChI is InChI=1S/C15H25N3O2/c1-4-11-7-12(18(6-3)17-11)8-15(19)13-9-20-10-14(13)16-5-2/h7,13-14,16H,4-6,8-10H2,1-3H3. The molecule has 0 saturated carbocycles. The van der Waals surface area contributed by atoms with Crippen molar-refractivity contribution in [2.24, 2.45) is 5.92 Å². The Labute approximate surface area is 120 Å². The Kier molecular flexibility index (Phi) is 5.31. The summed E-state index contributed by atoms with van der Waals surface area (Å²) in [7, 11) is 0. The number of hydrogen-bond acceptors (Lipinski definition) is 4. The summed E-state index contributed by atoms with van der Waals surface area (Å²) in [6.07, 6.45) is 1.36. The lowest BCUT2D eigenvalue weighted by molar-refractivity contribution is -0.122. The number of aromatic nitrogens is 2. The number of carbonyl (C=O) groups is 1. The molecule has 2 unspecified atom stereocenters. The van der Waals surface area contributed by atoms with Crippen LogP contribution in [0.2, 0.25) is 0 Å². The van der Waals surface area contributed by atoms with Gasteiger partial charge in [-0.2, -0.15) is 5.10 Å². The first kappa shape index (κ1) is 15.2. The van der Waals surface area contributed by atoms with E-state index in [-0.39, 0.29) is 17.7 Å². The number of carbonyl (C=O) groups excluding carboxylic acids is 1. The fourth-order valence-electron chi connectivity index (χ4n) is 2.75. The van der Waals surface area contributed by atoms with Crippen LogP contribution in [0.5, 0.6) is 0 Å². The molecule has 2 heterocycles. The van der Waals surface area contributed by atoms with E-state index in [4.69, 9.17) is 4.74 Å². The van der Waals surface area contributed by atoms with E-state index >= 15 is 0 Å². The van der Waals surface area contributed by atoms with Gasteiger partial charge in [-0.15, -0.1) is 0 Å². The molecule has 1 saturated heterocycles. The van der Waals surface area contributed by atoms with Gasteiger partial charge in [0.1, 0.15) is 5.78 Å². The Morgan fingerprint density at radius 3 is 2.90 bits per heavy atom. The molecule has 5 nitrogen and oxygen atoms in total. The lowest BCUT2D eigenvalue weighted by Gasteiger charge is -2.17. The molecule has 20 heavy (non-hydrogen) atoms. The van der Waals surface area contributed by atoms with E-state index in [1.807, 2.05) is 4.68 Å². The summed E-state index contributed by atoms with van der Waals surface area (Å²) in [6.45, 7) is 9.04. The minimum Gasteiger partial charge on any atom is -0.379 e. The third-order valence-corrected chi connectivity index (χ3v) is 3.89. The van der Waals surface area contributed by atoms with Gasteiger partial charge in [-0.3, -0.25) is 9.48 Å². The smallest absolute Gasteiger partial charge is 0.145 e. The second-order valence-electron chi connectivity index (χ2n) is 5.25. The number of rotatable bonds is 7. The van der Waals surface area contributed by atoms with Gasteiger partial charge in [-0.1, -0.05) is 13.8 Å². The van der Waals surface area contributed by atoms with Crippen molar-refractivity contribution < 1.29 is 9.53 Å². The maximum Gasteiger partial charge on any atom is 0.145 e. The average molecular weight is 279 g/mol. The van der Waals surface area contributed by atoms with Gasteiger partial charge >= 0.3 is 0 Å². The first-order valence-electron chi connectivity index (χ1n) is 7.58. The largest absolute Gasteiger partial charge is 0.379 e. The topological polar surface area (TPSA) is 56.1 Å². The van der Waals surface area contributed by atoms with Crippen LogP contribution < -0.4 is 5.32 Å². The third-order valence-electron chi connectivity index (χ3n) is 3.89. The molecule has 1 fully saturated rings. The number of aryl methyl sites for hydroxylation is 2. The fraction of sp³-hybridized carbons (Fsp3) is 0.733. The first-order valence-corrected chi connectivity index (χ1v) is 7.58. The number of Topliss-reactive ketones (excluding diaryl/α,β-unsaturated/α-hetero) is 1. The van der Waals surface area contributed by atoms with Gasteiger partial charge < -0.3 is 10.1 Å². The fourth-order valence-corrected chi connectivity index (χ4v) is 2.75. The highest BCUT2D eigenvalue weighted by molar-refractivity contribution is 5.84. The molecule has 1 aliphatic rings. The summed E-state index contributed by atoms with van der Waals surface area (Å²) in [5, 5.41) is 7.84. The summed E-state index contributed by atoms with van der Waals surface area (Å²) in [5.74, 6) is 0.228. The van der Waals surface area contributed by atoms with Crippen molar-refractivity contribution in [3.05, 3.63) is 17.5 Å². The molecule has 5 heteroatoms. The summed E-state index contributed by atoms with van der Waals surface area (Å²) in [5.41, 5.74) is 2.08. The van der Waals surface area contributed by atoms with Crippen molar-refractivity contribution in [1.82, 2.24) is 15.1 Å². The van der Waals surface area contributed by atoms with Gasteiger partial charge in [-0.25, -0.2) is 0 Å². The Morgan fingerprint density at radius 2 is 2.25 bits per heavy atom. The van der Waals surface area contributed by atoms with E-state index in [0.29, 0.717) is 19.6 Å². The maximum absolute atomic E-state index is 12.5. The molecule has 0 bridgehead atoms. The molecule has 0 aromatic carbocycles. The SMILES string of the molecule is CCNC1COCC1C(=O)Cc1cc(CC)nn1CC. The van der Waals surface area contributed by atoms with Crippen LogP contribution >= 0.6 is 0 Å². The number of nitrogens with zero attached hydrogens (tertiary/aromatic N) is 2. The van der Waals surface area contributed by atoms with Gasteiger partial charge in [0.05, 0.1) is 24.8 Å². The number of likely N-dealkylation sites (N-methyl/N-ethyl adjacent to an activating group) is 1. The van der Waals surface area contributed by atoms with E-state index < -0.39 is 0 Å². The second-order valence-corrected chi connectivity index (χ2v) is 5.25. The first-order chi connectivity index (χ1) is 9.69. The van der Waals surface area contributed by atoms with Crippen LogP contribution in [0.25, 0.3) is 0 Å². The highest BCUT2D eigenvalue weighted by atomic mass is 16.5. The Balaban J connectivity index is 2.05. The number of ether oxygens (including phenoxy) is 1. The van der Waals surface area contributed by atoms with E-state index in [0.717, 1.165) is 30.9 Å². The van der Waals surface area contributed by atoms with E-state index in [9.17, 15) is 4.79 Å². The van der Waals surface area contributed by atoms with Gasteiger partial charge in [0.2, 0.25) is 0 Å². The third kappa shape index (κ3) is 3.27. The summed E-state index contributed by atoms with van der Waals surface area (Å²) < 4.78 is 7.40. The van der Waals surface area contributed by atoms with Crippen molar-refractivity contribution in [2.75, 3.05) is 19.8 Å². The number of ketones is 1. The molecule has 0 aliphatic carbocycles. The monoisotopic (exact) mass is 279 g/mol. The number of hydrogen-bond donors (Lipinski definition) is 1. The van der Waals surface area contributed by atoms with Crippen molar-refractivity contribution in [2.45, 2.75) is 46.2 Å². The molecule has 0 radical (unpaired) electrons. The maximum atomic E-state index is 12.5. The zero-order valence-corrected chi connectivity index (χ0v) is 12.7. The molecule has 1 aromatic heterocycles. The lowest BCUT2D eigenvalue weighted by atomic mass is 9.95. The molecule has 2 atom stereocenters. The Bertz CT molecular complexity index is 456. The predicted octanol–water partition coefficient (Wildman–Crippen LogP) is 1.20. The quantitative estimate of drug-likeness (QED) is 0.815. The zero-order valence-electron chi connectivity index (χ0n) is 12.7. The van der Waals surface area contributed by atoms with Crippen LogP contribution in [0.4, 0.5) is 0 Å². The van der Waals surface area contributed by atoms with Crippen LogP contribution in [0.15, 0.2) is 6.07 Å². The number of nitrogens with one attached hydrogen (secondary N) is 1. The highest BCUT2D eigenvalue weighted by Crippen LogP contribution is 2.18. The lowest BCUT2D eigenvalue weighted by Crippen LogP contribution is -2.39. The molecular weight excluding hydrogens is 254 g/mol. The van der Waals surface area contributed by atoms with Gasteiger partial charge in [0.25, 0.3) is 0 Å². The van der Waals surface area contributed by atoms with Crippen LogP contribution in [-0.4, -0.2) is 41.4 Å². The van der Waals surface area contributed by atoms with Crippen LogP contribution in [0.1, 0.15) is 32.2 Å². The van der Waals surface area contributed by atoms with E-state index in [1.54, 1.807) is 0 Å². The second kappa shape index (κ2) is 6.99. The molecule has 0 spiro atoms. The van der Waals surface area contributed by atoms with Gasteiger partial charge in [0, 0.05) is 24.7 Å². The van der Waals surface area contributed by atoms with Gasteiger partial charge in [0.15, 0.2) is 0 Å². The minimum absolute atomic E-state index is 0.0276. The van der Waals surface area contributed by atoms with Crippen LogP contribution in [0, 0.1) is 5.92 Å². The van der Waals surface area contributed by atoms with Crippen LogP contribution in [0.3, 0.4) is 0 Å². The van der Waals surface area contributed by atoms with Crippen molar-refractivity contribution in [3.8, 4) is 0 Å². The minimum atomic E-state index is -0.0276. The zero-order chi connectivity index (χ0) is 14.5. The van der Waals surface area contributed by atoms with E-state index in [2.05, 4.69) is 37.3 Å². The molecular formula is C15H25N3O2. The molecule has 0 amide bonds. The molecule has 1 aliphatic heterocycles. The van der Waals surface area contributed by atoms with Gasteiger partial charge in [-0.05, 0) is 26.0 Å². The molecule has 1 N–H and O–H groups in total. The Hall–Kier alpha value is -1.20. The average Bonchev–Trinajstić information content (AvgIpc) is 3.05. The Morgan fingerprint density at radius 1 is 1.45 bits per heavy atom. The normalized spacial score (nSPS) is 22.4. The van der Waals surface area contributed by atoms with Crippen molar-refractivity contribution in [3.63, 3.8) is 0 Å². The molecule has 2 rings (SSSR count). The molecule has 1 aromatic rings. The van der Waals surface area contributed by atoms with E-state index in [1.165, 1.54) is 0 Å². The summed E-state index contributed by atoms with van der Waals surface area (Å²) in [6, 6.07) is 2.22. The summed E-state index contributed by atoms with van der Waals surface area (Å²) >= 11 is 0. The summed E-state index contributed by atoms with van der Waals surface area (Å²) in [4.78, 5) is 12.5. The highest BCUT2D eigenvalue weighted by Gasteiger charge is 2.33. The van der Waals surface area contributed by atoms with Crippen molar-refractivity contribution in [1.29, 1.82) is 0 Å².